The maximum Gasteiger partial charge on any atom is 0.317 e. The number of aliphatic carboxylic acids is 1. The van der Waals surface area contributed by atoms with Gasteiger partial charge in [-0.3, -0.25) is 14.6 Å². The van der Waals surface area contributed by atoms with E-state index in [2.05, 4.69) is 9.88 Å². The van der Waals surface area contributed by atoms with Crippen molar-refractivity contribution in [1.82, 2.24) is 14.8 Å². The second kappa shape index (κ2) is 6.26. The highest BCUT2D eigenvalue weighted by atomic mass is 32.1. The molecule has 1 fully saturated rings. The molecule has 0 atom stereocenters. The molecule has 0 bridgehead atoms. The van der Waals surface area contributed by atoms with E-state index in [4.69, 9.17) is 5.11 Å². The lowest BCUT2D eigenvalue weighted by atomic mass is 10.3. The van der Waals surface area contributed by atoms with Crippen molar-refractivity contribution in [3.63, 3.8) is 0 Å². The molecule has 0 aliphatic carbocycles. The molecule has 1 aromatic rings. The molecule has 100 valence electrons. The van der Waals surface area contributed by atoms with E-state index >= 15 is 0 Å². The molecule has 0 unspecified atom stereocenters. The standard InChI is InChI=1S/C12H19N3O2S/c1-10-11(18-9-13-10)7-14-3-2-4-15(6-5-14)8-12(16)17/h9H,2-8H2,1H3,(H,16,17). The molecule has 0 radical (unpaired) electrons. The van der Waals surface area contributed by atoms with Crippen molar-refractivity contribution in [2.24, 2.45) is 0 Å². The zero-order valence-electron chi connectivity index (χ0n) is 10.6. The predicted octanol–water partition coefficient (Wildman–Crippen LogP) is 1.04. The molecule has 6 heteroatoms. The molecule has 2 rings (SSSR count). The molecular formula is C12H19N3O2S. The van der Waals surface area contributed by atoms with Crippen LogP contribution in [0.15, 0.2) is 5.51 Å². The van der Waals surface area contributed by atoms with Crippen molar-refractivity contribution in [3.8, 4) is 0 Å². The molecule has 1 aliphatic rings. The first-order valence-corrected chi connectivity index (χ1v) is 7.08. The van der Waals surface area contributed by atoms with Crippen LogP contribution in [0.3, 0.4) is 0 Å². The van der Waals surface area contributed by atoms with Crippen molar-refractivity contribution in [2.45, 2.75) is 19.9 Å². The molecule has 1 saturated heterocycles. The molecule has 0 spiro atoms. The van der Waals surface area contributed by atoms with Crippen molar-refractivity contribution < 1.29 is 9.90 Å². The summed E-state index contributed by atoms with van der Waals surface area (Å²) in [6.07, 6.45) is 1.03. The topological polar surface area (TPSA) is 56.7 Å². The van der Waals surface area contributed by atoms with Crippen LogP contribution in [0.5, 0.6) is 0 Å². The Morgan fingerprint density at radius 2 is 2.11 bits per heavy atom. The second-order valence-electron chi connectivity index (χ2n) is 4.66. The third-order valence-corrected chi connectivity index (χ3v) is 4.17. The average molecular weight is 269 g/mol. The lowest BCUT2D eigenvalue weighted by molar-refractivity contribution is -0.138. The number of carbonyl (C=O) groups is 1. The van der Waals surface area contributed by atoms with E-state index < -0.39 is 5.97 Å². The lowest BCUT2D eigenvalue weighted by Crippen LogP contribution is -2.33. The fourth-order valence-electron chi connectivity index (χ4n) is 2.21. The molecule has 0 amide bonds. The highest BCUT2D eigenvalue weighted by Gasteiger charge is 2.17. The van der Waals surface area contributed by atoms with Crippen LogP contribution in [-0.4, -0.2) is 58.6 Å². The largest absolute Gasteiger partial charge is 0.480 e. The van der Waals surface area contributed by atoms with E-state index in [9.17, 15) is 4.79 Å². The number of nitrogens with zero attached hydrogens (tertiary/aromatic N) is 3. The van der Waals surface area contributed by atoms with E-state index in [-0.39, 0.29) is 6.54 Å². The monoisotopic (exact) mass is 269 g/mol. The molecule has 0 aromatic carbocycles. The van der Waals surface area contributed by atoms with Crippen LogP contribution in [0.2, 0.25) is 0 Å². The summed E-state index contributed by atoms with van der Waals surface area (Å²) in [4.78, 5) is 20.7. The Bertz CT molecular complexity index is 408. The maximum atomic E-state index is 10.7. The summed E-state index contributed by atoms with van der Waals surface area (Å²) in [7, 11) is 0. The van der Waals surface area contributed by atoms with Gasteiger partial charge in [-0.1, -0.05) is 0 Å². The summed E-state index contributed by atoms with van der Waals surface area (Å²) in [6.45, 7) is 6.83. The van der Waals surface area contributed by atoms with Crippen LogP contribution in [0.4, 0.5) is 0 Å². The van der Waals surface area contributed by atoms with Crippen LogP contribution >= 0.6 is 11.3 Å². The smallest absolute Gasteiger partial charge is 0.317 e. The Morgan fingerprint density at radius 1 is 1.39 bits per heavy atom. The molecule has 1 aromatic heterocycles. The van der Waals surface area contributed by atoms with Gasteiger partial charge in [0.2, 0.25) is 0 Å². The summed E-state index contributed by atoms with van der Waals surface area (Å²) < 4.78 is 0. The third kappa shape index (κ3) is 3.76. The van der Waals surface area contributed by atoms with Gasteiger partial charge in [-0.25, -0.2) is 4.98 Å². The normalized spacial score (nSPS) is 18.7. The van der Waals surface area contributed by atoms with E-state index in [0.29, 0.717) is 0 Å². The van der Waals surface area contributed by atoms with Crippen LogP contribution in [0, 0.1) is 6.92 Å². The SMILES string of the molecule is Cc1ncsc1CN1CCCN(CC(=O)O)CC1. The molecule has 2 heterocycles. The van der Waals surface area contributed by atoms with Gasteiger partial charge in [0.1, 0.15) is 0 Å². The first-order valence-electron chi connectivity index (χ1n) is 6.20. The Balaban J connectivity index is 1.85. The van der Waals surface area contributed by atoms with Gasteiger partial charge in [0.25, 0.3) is 0 Å². The minimum atomic E-state index is -0.734. The first kappa shape index (κ1) is 13.5. The summed E-state index contributed by atoms with van der Waals surface area (Å²) in [5, 5.41) is 8.81. The highest BCUT2D eigenvalue weighted by molar-refractivity contribution is 7.09. The number of thiazole rings is 1. The van der Waals surface area contributed by atoms with E-state index in [1.165, 1.54) is 4.88 Å². The van der Waals surface area contributed by atoms with Gasteiger partial charge in [-0.05, 0) is 19.9 Å². The maximum absolute atomic E-state index is 10.7. The number of hydrogen-bond donors (Lipinski definition) is 1. The molecule has 1 N–H and O–H groups in total. The minimum Gasteiger partial charge on any atom is -0.480 e. The number of carboxylic acids is 1. The Hall–Kier alpha value is -0.980. The molecule has 1 aliphatic heterocycles. The second-order valence-corrected chi connectivity index (χ2v) is 5.60. The number of rotatable bonds is 4. The molecule has 0 saturated carbocycles. The molecule has 18 heavy (non-hydrogen) atoms. The summed E-state index contributed by atoms with van der Waals surface area (Å²) in [5.74, 6) is -0.734. The minimum absolute atomic E-state index is 0.160. The summed E-state index contributed by atoms with van der Waals surface area (Å²) >= 11 is 1.70. The van der Waals surface area contributed by atoms with Crippen LogP contribution in [0.25, 0.3) is 0 Å². The van der Waals surface area contributed by atoms with E-state index in [1.807, 2.05) is 17.3 Å². The Morgan fingerprint density at radius 3 is 2.78 bits per heavy atom. The van der Waals surface area contributed by atoms with E-state index in [1.54, 1.807) is 11.3 Å². The predicted molar refractivity (Wildman–Crippen MR) is 70.8 cm³/mol. The first-order chi connectivity index (χ1) is 8.65. The van der Waals surface area contributed by atoms with Crippen molar-refractivity contribution in [3.05, 3.63) is 16.1 Å². The highest BCUT2D eigenvalue weighted by Crippen LogP contribution is 2.16. The van der Waals surface area contributed by atoms with Crippen molar-refractivity contribution >= 4 is 17.3 Å². The van der Waals surface area contributed by atoms with Gasteiger partial charge in [0.15, 0.2) is 0 Å². The van der Waals surface area contributed by atoms with E-state index in [0.717, 1.165) is 44.8 Å². The summed E-state index contributed by atoms with van der Waals surface area (Å²) in [6, 6.07) is 0. The fraction of sp³-hybridized carbons (Fsp3) is 0.667. The lowest BCUT2D eigenvalue weighted by Gasteiger charge is -2.20. The van der Waals surface area contributed by atoms with Gasteiger partial charge in [-0.15, -0.1) is 11.3 Å². The molecular weight excluding hydrogens is 250 g/mol. The van der Waals surface area contributed by atoms with Gasteiger partial charge >= 0.3 is 5.97 Å². The zero-order valence-corrected chi connectivity index (χ0v) is 11.4. The van der Waals surface area contributed by atoms with Crippen LogP contribution < -0.4 is 0 Å². The Kier molecular flexibility index (Phi) is 4.68. The Labute approximate surface area is 111 Å². The number of carboxylic acid groups (broad SMARTS) is 1. The van der Waals surface area contributed by atoms with Gasteiger partial charge in [0.05, 0.1) is 17.7 Å². The van der Waals surface area contributed by atoms with Crippen molar-refractivity contribution in [2.75, 3.05) is 32.7 Å². The average Bonchev–Trinajstić information content (AvgIpc) is 2.58. The van der Waals surface area contributed by atoms with Gasteiger partial charge in [0, 0.05) is 31.1 Å². The number of aryl methyl sites for hydroxylation is 1. The number of aromatic nitrogens is 1. The molecule has 5 nitrogen and oxygen atoms in total. The number of hydrogen-bond acceptors (Lipinski definition) is 5. The van der Waals surface area contributed by atoms with Crippen LogP contribution in [-0.2, 0) is 11.3 Å². The third-order valence-electron chi connectivity index (χ3n) is 3.25. The summed E-state index contributed by atoms with van der Waals surface area (Å²) in [5.41, 5.74) is 3.01. The quantitative estimate of drug-likeness (QED) is 0.885. The van der Waals surface area contributed by atoms with Crippen LogP contribution in [0.1, 0.15) is 17.0 Å². The van der Waals surface area contributed by atoms with Crippen molar-refractivity contribution in [1.29, 1.82) is 0 Å². The zero-order chi connectivity index (χ0) is 13.0. The van der Waals surface area contributed by atoms with Gasteiger partial charge in [-0.2, -0.15) is 0 Å². The van der Waals surface area contributed by atoms with Gasteiger partial charge < -0.3 is 5.11 Å². The fourth-order valence-corrected chi connectivity index (χ4v) is 3.03.